The minimum atomic E-state index is 0.00972. The summed E-state index contributed by atoms with van der Waals surface area (Å²) >= 11 is 1.56. The van der Waals surface area contributed by atoms with Crippen molar-refractivity contribution in [2.45, 2.75) is 32.1 Å². The van der Waals surface area contributed by atoms with Gasteiger partial charge in [0.05, 0.1) is 5.25 Å². The molecule has 1 atom stereocenters. The molecule has 100 valence electrons. The average Bonchev–Trinajstić information content (AvgIpc) is 2.42. The first-order chi connectivity index (χ1) is 8.67. The minimum absolute atomic E-state index is 0.00972. The summed E-state index contributed by atoms with van der Waals surface area (Å²) in [5.74, 6) is 0.0932. The Morgan fingerprint density at radius 3 is 2.56 bits per heavy atom. The highest BCUT2D eigenvalue weighted by atomic mass is 32.2. The van der Waals surface area contributed by atoms with Crippen LogP contribution in [0.25, 0.3) is 0 Å². The average molecular weight is 266 g/mol. The molecule has 0 unspecified atom stereocenters. The molecular formula is C14H22N2OS. The Hall–Kier alpha value is -1.16. The van der Waals surface area contributed by atoms with Gasteiger partial charge in [-0.25, -0.2) is 0 Å². The number of benzene rings is 1. The molecule has 0 aliphatic heterocycles. The fourth-order valence-corrected chi connectivity index (χ4v) is 1.75. The van der Waals surface area contributed by atoms with E-state index in [1.165, 1.54) is 0 Å². The van der Waals surface area contributed by atoms with Crippen molar-refractivity contribution in [3.63, 3.8) is 0 Å². The Kier molecular flexibility index (Phi) is 6.65. The Bertz CT molecular complexity index is 365. The number of hydrogen-bond donors (Lipinski definition) is 2. The predicted molar refractivity (Wildman–Crippen MR) is 80.0 cm³/mol. The Morgan fingerprint density at radius 1 is 1.33 bits per heavy atom. The van der Waals surface area contributed by atoms with Crippen LogP contribution in [0.2, 0.25) is 0 Å². The predicted octanol–water partition coefficient (Wildman–Crippen LogP) is 2.88. The summed E-state index contributed by atoms with van der Waals surface area (Å²) < 4.78 is 0. The van der Waals surface area contributed by atoms with Crippen molar-refractivity contribution in [3.05, 3.63) is 29.8 Å². The van der Waals surface area contributed by atoms with Crippen LogP contribution >= 0.6 is 11.8 Å². The van der Waals surface area contributed by atoms with Crippen molar-refractivity contribution < 1.29 is 4.79 Å². The van der Waals surface area contributed by atoms with Gasteiger partial charge in [-0.2, -0.15) is 11.8 Å². The second kappa shape index (κ2) is 8.03. The highest BCUT2D eigenvalue weighted by Crippen LogP contribution is 2.10. The van der Waals surface area contributed by atoms with Gasteiger partial charge in [-0.05, 0) is 37.3 Å². The smallest absolute Gasteiger partial charge is 0.233 e. The summed E-state index contributed by atoms with van der Waals surface area (Å²) in [6.07, 6.45) is 3.06. The zero-order valence-electron chi connectivity index (χ0n) is 11.3. The van der Waals surface area contributed by atoms with Crippen LogP contribution < -0.4 is 10.6 Å². The molecule has 0 spiro atoms. The lowest BCUT2D eigenvalue weighted by atomic mass is 10.2. The number of amides is 1. The van der Waals surface area contributed by atoms with Crippen LogP contribution in [0.4, 0.5) is 5.69 Å². The molecule has 18 heavy (non-hydrogen) atoms. The third kappa shape index (κ3) is 5.00. The maximum Gasteiger partial charge on any atom is 0.233 e. The lowest BCUT2D eigenvalue weighted by Gasteiger charge is -2.10. The van der Waals surface area contributed by atoms with E-state index in [-0.39, 0.29) is 11.2 Å². The van der Waals surface area contributed by atoms with Crippen molar-refractivity contribution in [2.75, 3.05) is 18.1 Å². The number of carbonyl (C=O) groups is 1. The van der Waals surface area contributed by atoms with Gasteiger partial charge in [0.25, 0.3) is 0 Å². The molecule has 0 radical (unpaired) electrons. The van der Waals surface area contributed by atoms with E-state index in [0.29, 0.717) is 6.54 Å². The number of anilines is 1. The molecule has 1 aromatic carbocycles. The summed E-state index contributed by atoms with van der Waals surface area (Å²) in [4.78, 5) is 11.6. The summed E-state index contributed by atoms with van der Waals surface area (Å²) in [6, 6.07) is 8.19. The SMILES string of the molecule is CCCNc1ccc(CNC(=O)[C@H](C)SC)cc1. The zero-order chi connectivity index (χ0) is 13.4. The van der Waals surface area contributed by atoms with Crippen LogP contribution in [0.3, 0.4) is 0 Å². The normalized spacial score (nSPS) is 11.9. The number of hydrogen-bond acceptors (Lipinski definition) is 3. The minimum Gasteiger partial charge on any atom is -0.385 e. The quantitative estimate of drug-likeness (QED) is 0.797. The third-order valence-corrected chi connectivity index (χ3v) is 3.64. The van der Waals surface area contributed by atoms with Gasteiger partial charge in [0.15, 0.2) is 0 Å². The van der Waals surface area contributed by atoms with E-state index in [4.69, 9.17) is 0 Å². The van der Waals surface area contributed by atoms with Gasteiger partial charge in [0.1, 0.15) is 0 Å². The largest absolute Gasteiger partial charge is 0.385 e. The van der Waals surface area contributed by atoms with E-state index in [2.05, 4.69) is 29.7 Å². The van der Waals surface area contributed by atoms with Crippen molar-refractivity contribution in [3.8, 4) is 0 Å². The molecule has 0 aromatic heterocycles. The van der Waals surface area contributed by atoms with Crippen molar-refractivity contribution >= 4 is 23.4 Å². The highest BCUT2D eigenvalue weighted by Gasteiger charge is 2.09. The van der Waals surface area contributed by atoms with Crippen LogP contribution in [0.5, 0.6) is 0 Å². The van der Waals surface area contributed by atoms with Crippen LogP contribution in [0.15, 0.2) is 24.3 Å². The van der Waals surface area contributed by atoms with Gasteiger partial charge in [0.2, 0.25) is 5.91 Å². The van der Waals surface area contributed by atoms with Crippen molar-refractivity contribution in [1.82, 2.24) is 5.32 Å². The summed E-state index contributed by atoms with van der Waals surface area (Å²) in [5, 5.41) is 6.26. The number of nitrogens with one attached hydrogen (secondary N) is 2. The van der Waals surface area contributed by atoms with Crippen molar-refractivity contribution in [1.29, 1.82) is 0 Å². The lowest BCUT2D eigenvalue weighted by Crippen LogP contribution is -2.30. The first-order valence-electron chi connectivity index (χ1n) is 6.30. The molecule has 1 rings (SSSR count). The zero-order valence-corrected chi connectivity index (χ0v) is 12.1. The Balaban J connectivity index is 2.41. The van der Waals surface area contributed by atoms with E-state index in [1.54, 1.807) is 11.8 Å². The van der Waals surface area contributed by atoms with E-state index in [9.17, 15) is 4.79 Å². The number of rotatable bonds is 7. The van der Waals surface area contributed by atoms with Gasteiger partial charge < -0.3 is 10.6 Å². The van der Waals surface area contributed by atoms with Gasteiger partial charge in [0, 0.05) is 18.8 Å². The molecule has 1 amide bonds. The first kappa shape index (κ1) is 14.9. The van der Waals surface area contributed by atoms with Crippen molar-refractivity contribution in [2.24, 2.45) is 0 Å². The molecule has 0 aliphatic carbocycles. The first-order valence-corrected chi connectivity index (χ1v) is 7.59. The number of carbonyl (C=O) groups excluding carboxylic acids is 1. The second-order valence-electron chi connectivity index (χ2n) is 4.22. The molecule has 2 N–H and O–H groups in total. The third-order valence-electron chi connectivity index (χ3n) is 2.72. The molecule has 0 aliphatic rings. The lowest BCUT2D eigenvalue weighted by molar-refractivity contribution is -0.120. The summed E-state index contributed by atoms with van der Waals surface area (Å²) in [7, 11) is 0. The van der Waals surface area contributed by atoms with Gasteiger partial charge in [-0.3, -0.25) is 4.79 Å². The summed E-state index contributed by atoms with van der Waals surface area (Å²) in [5.41, 5.74) is 2.25. The molecular weight excluding hydrogens is 244 g/mol. The monoisotopic (exact) mass is 266 g/mol. The van der Waals surface area contributed by atoms with Gasteiger partial charge >= 0.3 is 0 Å². The number of thioether (sulfide) groups is 1. The molecule has 1 aromatic rings. The maximum absolute atomic E-state index is 11.6. The van der Waals surface area contributed by atoms with E-state index >= 15 is 0 Å². The van der Waals surface area contributed by atoms with Gasteiger partial charge in [-0.15, -0.1) is 0 Å². The van der Waals surface area contributed by atoms with Crippen LogP contribution in [-0.4, -0.2) is 24.0 Å². The molecule has 0 saturated carbocycles. The van der Waals surface area contributed by atoms with Crippen LogP contribution in [0.1, 0.15) is 25.8 Å². The van der Waals surface area contributed by atoms with E-state index in [0.717, 1.165) is 24.2 Å². The molecule has 3 nitrogen and oxygen atoms in total. The summed E-state index contributed by atoms with van der Waals surface area (Å²) in [6.45, 7) is 5.64. The van der Waals surface area contributed by atoms with E-state index in [1.807, 2.05) is 25.3 Å². The fraction of sp³-hybridized carbons (Fsp3) is 0.500. The maximum atomic E-state index is 11.6. The molecule has 4 heteroatoms. The fourth-order valence-electron chi connectivity index (χ4n) is 1.45. The van der Waals surface area contributed by atoms with Gasteiger partial charge in [-0.1, -0.05) is 19.1 Å². The molecule has 0 bridgehead atoms. The highest BCUT2D eigenvalue weighted by molar-refractivity contribution is 7.99. The topological polar surface area (TPSA) is 41.1 Å². The molecule has 0 fully saturated rings. The van der Waals surface area contributed by atoms with Crippen LogP contribution in [-0.2, 0) is 11.3 Å². The van der Waals surface area contributed by atoms with Crippen LogP contribution in [0, 0.1) is 0 Å². The second-order valence-corrected chi connectivity index (χ2v) is 5.40. The Labute approximate surface area is 114 Å². The molecule has 0 heterocycles. The standard InChI is InChI=1S/C14H22N2OS/c1-4-9-15-13-7-5-12(6-8-13)10-16-14(17)11(2)18-3/h5-8,11,15H,4,9-10H2,1-3H3,(H,16,17)/t11-/m0/s1. The Morgan fingerprint density at radius 2 is 2.00 bits per heavy atom. The van der Waals surface area contributed by atoms with E-state index < -0.39 is 0 Å². The molecule has 0 saturated heterocycles.